The summed E-state index contributed by atoms with van der Waals surface area (Å²) in [5, 5.41) is 6.05. The fraction of sp³-hybridized carbons (Fsp3) is 0.263. The minimum atomic E-state index is -0.258. The molecule has 2 rings (SSSR count). The summed E-state index contributed by atoms with van der Waals surface area (Å²) in [5.74, 6) is 0.619. The third-order valence-electron chi connectivity index (χ3n) is 3.69. The van der Waals surface area contributed by atoms with E-state index in [9.17, 15) is 9.59 Å². The number of ether oxygens (including phenoxy) is 2. The van der Waals surface area contributed by atoms with Crippen LogP contribution in [-0.4, -0.2) is 39.1 Å². The van der Waals surface area contributed by atoms with Crippen LogP contribution in [0.5, 0.6) is 11.5 Å². The van der Waals surface area contributed by atoms with Crippen LogP contribution in [0, 0.1) is 0 Å². The zero-order valence-corrected chi connectivity index (χ0v) is 15.4. The lowest BCUT2D eigenvalue weighted by Gasteiger charge is -2.10. The van der Waals surface area contributed by atoms with E-state index in [0.29, 0.717) is 35.2 Å². The molecule has 2 amide bonds. The highest BCUT2D eigenvalue weighted by Crippen LogP contribution is 2.27. The van der Waals surface area contributed by atoms with Gasteiger partial charge in [-0.3, -0.25) is 9.59 Å². The molecule has 0 bridgehead atoms. The first-order valence-electron chi connectivity index (χ1n) is 8.05. The third-order valence-corrected chi connectivity index (χ3v) is 4.06. The number of hydrogen-bond acceptors (Lipinski definition) is 4. The highest BCUT2D eigenvalue weighted by atomic mass is 35.5. The Kier molecular flexibility index (Phi) is 7.29. The van der Waals surface area contributed by atoms with Crippen molar-refractivity contribution in [3.63, 3.8) is 0 Å². The van der Waals surface area contributed by atoms with E-state index in [1.165, 1.54) is 14.2 Å². The van der Waals surface area contributed by atoms with Crippen molar-refractivity contribution >= 4 is 23.4 Å². The molecular formula is C19H21ClN2O4. The van der Waals surface area contributed by atoms with Crippen LogP contribution < -0.4 is 20.1 Å². The lowest BCUT2D eigenvalue weighted by atomic mass is 10.1. The summed E-state index contributed by atoms with van der Waals surface area (Å²) in [6.45, 7) is 0.629. The summed E-state index contributed by atoms with van der Waals surface area (Å²) in [6, 6.07) is 12.1. The highest BCUT2D eigenvalue weighted by molar-refractivity contribution is 6.31. The number of benzene rings is 2. The molecule has 0 unspecified atom stereocenters. The SMILES string of the molecule is COc1ccc(C(=O)NCCNC(=O)Cc2ccccc2Cl)cc1OC. The Morgan fingerprint density at radius 3 is 2.35 bits per heavy atom. The van der Waals surface area contributed by atoms with Gasteiger partial charge in [-0.05, 0) is 29.8 Å². The van der Waals surface area contributed by atoms with Crippen molar-refractivity contribution in [2.75, 3.05) is 27.3 Å². The Hall–Kier alpha value is -2.73. The number of amides is 2. The number of carbonyl (C=O) groups is 2. The molecule has 2 aromatic rings. The predicted octanol–water partition coefficient (Wildman–Crippen LogP) is 2.45. The first-order valence-corrected chi connectivity index (χ1v) is 8.43. The minimum absolute atomic E-state index is 0.154. The zero-order valence-electron chi connectivity index (χ0n) is 14.7. The van der Waals surface area contributed by atoms with Crippen LogP contribution in [0.2, 0.25) is 5.02 Å². The van der Waals surface area contributed by atoms with Gasteiger partial charge in [-0.1, -0.05) is 29.8 Å². The van der Waals surface area contributed by atoms with E-state index < -0.39 is 0 Å². The van der Waals surface area contributed by atoms with Crippen LogP contribution in [0.4, 0.5) is 0 Å². The van der Waals surface area contributed by atoms with Gasteiger partial charge < -0.3 is 20.1 Å². The van der Waals surface area contributed by atoms with Gasteiger partial charge >= 0.3 is 0 Å². The fourth-order valence-corrected chi connectivity index (χ4v) is 2.54. The number of halogens is 1. The zero-order chi connectivity index (χ0) is 18.9. The number of hydrogen-bond donors (Lipinski definition) is 2. The van der Waals surface area contributed by atoms with Gasteiger partial charge in [0.15, 0.2) is 11.5 Å². The van der Waals surface area contributed by atoms with Crippen LogP contribution >= 0.6 is 11.6 Å². The summed E-state index contributed by atoms with van der Waals surface area (Å²) >= 11 is 6.03. The van der Waals surface area contributed by atoms with Crippen molar-refractivity contribution in [2.24, 2.45) is 0 Å². The summed E-state index contributed by atoms with van der Waals surface area (Å²) in [6.07, 6.45) is 0.198. The first kappa shape index (κ1) is 19.6. The van der Waals surface area contributed by atoms with Crippen molar-refractivity contribution in [3.8, 4) is 11.5 Å². The van der Waals surface area contributed by atoms with Crippen LogP contribution in [0.15, 0.2) is 42.5 Å². The molecule has 0 saturated heterocycles. The molecule has 138 valence electrons. The van der Waals surface area contributed by atoms with Crippen LogP contribution in [0.1, 0.15) is 15.9 Å². The van der Waals surface area contributed by atoms with Gasteiger partial charge in [0.25, 0.3) is 5.91 Å². The second kappa shape index (κ2) is 9.68. The van der Waals surface area contributed by atoms with Gasteiger partial charge in [-0.25, -0.2) is 0 Å². The second-order valence-corrected chi connectivity index (χ2v) is 5.85. The molecule has 0 aliphatic heterocycles. The van der Waals surface area contributed by atoms with Crippen molar-refractivity contribution < 1.29 is 19.1 Å². The predicted molar refractivity (Wildman–Crippen MR) is 100 cm³/mol. The fourth-order valence-electron chi connectivity index (χ4n) is 2.33. The second-order valence-electron chi connectivity index (χ2n) is 5.44. The van der Waals surface area contributed by atoms with Gasteiger partial charge in [-0.15, -0.1) is 0 Å². The molecule has 2 N–H and O–H groups in total. The number of methoxy groups -OCH3 is 2. The average Bonchev–Trinajstić information content (AvgIpc) is 2.66. The van der Waals surface area contributed by atoms with Gasteiger partial charge in [0.1, 0.15) is 0 Å². The minimum Gasteiger partial charge on any atom is -0.493 e. The van der Waals surface area contributed by atoms with Gasteiger partial charge in [0.05, 0.1) is 20.6 Å². The smallest absolute Gasteiger partial charge is 0.251 e. The number of carbonyl (C=O) groups excluding carboxylic acids is 2. The molecular weight excluding hydrogens is 356 g/mol. The van der Waals surface area contributed by atoms with Crippen molar-refractivity contribution in [1.29, 1.82) is 0 Å². The molecule has 0 spiro atoms. The molecule has 0 heterocycles. The molecule has 6 nitrogen and oxygen atoms in total. The van der Waals surface area contributed by atoms with E-state index >= 15 is 0 Å². The first-order chi connectivity index (χ1) is 12.5. The van der Waals surface area contributed by atoms with Crippen LogP contribution in [-0.2, 0) is 11.2 Å². The molecule has 0 aliphatic rings. The highest BCUT2D eigenvalue weighted by Gasteiger charge is 2.11. The summed E-state index contributed by atoms with van der Waals surface area (Å²) in [4.78, 5) is 24.1. The molecule has 2 aromatic carbocycles. The summed E-state index contributed by atoms with van der Waals surface area (Å²) in [5.41, 5.74) is 1.21. The molecule has 7 heteroatoms. The van der Waals surface area contributed by atoms with E-state index in [4.69, 9.17) is 21.1 Å². The Balaban J connectivity index is 1.78. The Morgan fingerprint density at radius 2 is 1.65 bits per heavy atom. The Morgan fingerprint density at radius 1 is 0.962 bits per heavy atom. The molecule has 0 aliphatic carbocycles. The standard InChI is InChI=1S/C19H21ClN2O4/c1-25-16-8-7-14(11-17(16)26-2)19(24)22-10-9-21-18(23)12-13-5-3-4-6-15(13)20/h3-8,11H,9-10,12H2,1-2H3,(H,21,23)(H,22,24). The van der Waals surface area contributed by atoms with E-state index in [1.807, 2.05) is 12.1 Å². The molecule has 0 aromatic heterocycles. The number of rotatable bonds is 8. The van der Waals surface area contributed by atoms with Crippen LogP contribution in [0.25, 0.3) is 0 Å². The largest absolute Gasteiger partial charge is 0.493 e. The van der Waals surface area contributed by atoms with Crippen molar-refractivity contribution in [2.45, 2.75) is 6.42 Å². The lowest BCUT2D eigenvalue weighted by molar-refractivity contribution is -0.120. The van der Waals surface area contributed by atoms with E-state index in [2.05, 4.69) is 10.6 Å². The maximum atomic E-state index is 12.2. The molecule has 0 radical (unpaired) electrons. The maximum absolute atomic E-state index is 12.2. The van der Waals surface area contributed by atoms with Crippen molar-refractivity contribution in [3.05, 3.63) is 58.6 Å². The maximum Gasteiger partial charge on any atom is 0.251 e. The third kappa shape index (κ3) is 5.39. The summed E-state index contributed by atoms with van der Waals surface area (Å²) in [7, 11) is 3.04. The van der Waals surface area contributed by atoms with E-state index in [-0.39, 0.29) is 18.2 Å². The lowest BCUT2D eigenvalue weighted by Crippen LogP contribution is -2.35. The van der Waals surface area contributed by atoms with Gasteiger partial charge in [0.2, 0.25) is 5.91 Å². The van der Waals surface area contributed by atoms with Gasteiger partial charge in [-0.2, -0.15) is 0 Å². The number of nitrogens with one attached hydrogen (secondary N) is 2. The van der Waals surface area contributed by atoms with E-state index in [0.717, 1.165) is 5.56 Å². The quantitative estimate of drug-likeness (QED) is 0.694. The molecule has 0 saturated carbocycles. The van der Waals surface area contributed by atoms with Crippen LogP contribution in [0.3, 0.4) is 0 Å². The van der Waals surface area contributed by atoms with E-state index in [1.54, 1.807) is 30.3 Å². The molecule has 0 fully saturated rings. The van der Waals surface area contributed by atoms with Crippen molar-refractivity contribution in [1.82, 2.24) is 10.6 Å². The average molecular weight is 377 g/mol. The monoisotopic (exact) mass is 376 g/mol. The van der Waals surface area contributed by atoms with Gasteiger partial charge in [0, 0.05) is 23.7 Å². The Labute approximate surface area is 157 Å². The molecule has 26 heavy (non-hydrogen) atoms. The summed E-state index contributed by atoms with van der Waals surface area (Å²) < 4.78 is 10.3. The Bertz CT molecular complexity index is 780. The molecule has 0 atom stereocenters. The normalized spacial score (nSPS) is 10.1. The topological polar surface area (TPSA) is 76.7 Å².